The van der Waals surface area contributed by atoms with Gasteiger partial charge in [-0.05, 0) is 5.56 Å². The summed E-state index contributed by atoms with van der Waals surface area (Å²) < 4.78 is 2.08. The van der Waals surface area contributed by atoms with E-state index in [2.05, 4.69) is 37.0 Å². The summed E-state index contributed by atoms with van der Waals surface area (Å²) in [6.45, 7) is 1.96. The van der Waals surface area contributed by atoms with Crippen molar-refractivity contribution in [3.8, 4) is 0 Å². The number of hydrogen-bond acceptors (Lipinski definition) is 4. The largest absolute Gasteiger partial charge is 0.348 e. The van der Waals surface area contributed by atoms with Gasteiger partial charge in [0, 0.05) is 44.6 Å². The monoisotopic (exact) mass is 350 g/mol. The number of hydrogen-bond donors (Lipinski definition) is 2. The lowest BCUT2D eigenvalue weighted by Gasteiger charge is -2.27. The van der Waals surface area contributed by atoms with Crippen LogP contribution in [-0.2, 0) is 24.3 Å². The molecule has 3 heterocycles. The average Bonchev–Trinajstić information content (AvgIpc) is 3.31. The lowest BCUT2D eigenvalue weighted by molar-refractivity contribution is -0.133. The van der Waals surface area contributed by atoms with Gasteiger partial charge in [0.25, 0.3) is 0 Å². The number of aromatic amines is 1. The summed E-state index contributed by atoms with van der Waals surface area (Å²) in [5, 5.41) is 3.28. The van der Waals surface area contributed by atoms with Gasteiger partial charge in [-0.15, -0.1) is 0 Å². The van der Waals surface area contributed by atoms with Crippen molar-refractivity contribution >= 4 is 5.91 Å². The topological polar surface area (TPSA) is 78.8 Å². The van der Waals surface area contributed by atoms with Gasteiger partial charge in [0.1, 0.15) is 11.9 Å². The molecule has 3 aromatic rings. The zero-order valence-corrected chi connectivity index (χ0v) is 14.7. The standard InChI is InChI=1S/C19H22N6O/c1-24(19(26)18-17-15(7-8-21-18)22-13-23-17)12-16-20-9-10-25(16)11-14-5-3-2-4-6-14/h2-6,9-10,13,18,21H,7-8,11-12H2,1H3,(H,22,23)/t18-/m0/s1. The smallest absolute Gasteiger partial charge is 0.246 e. The molecule has 0 saturated heterocycles. The molecule has 1 aliphatic rings. The van der Waals surface area contributed by atoms with Gasteiger partial charge in [-0.1, -0.05) is 30.3 Å². The Bertz CT molecular complexity index is 884. The Kier molecular flexibility index (Phi) is 4.53. The second-order valence-corrected chi connectivity index (χ2v) is 6.55. The fourth-order valence-electron chi connectivity index (χ4n) is 3.35. The molecular weight excluding hydrogens is 328 g/mol. The molecule has 1 aliphatic heterocycles. The van der Waals surface area contributed by atoms with Crippen molar-refractivity contribution in [3.05, 3.63) is 71.8 Å². The molecule has 1 aromatic carbocycles. The summed E-state index contributed by atoms with van der Waals surface area (Å²) in [5.74, 6) is 0.870. The van der Waals surface area contributed by atoms with E-state index in [0.717, 1.165) is 36.7 Å². The van der Waals surface area contributed by atoms with Gasteiger partial charge in [-0.3, -0.25) is 4.79 Å². The van der Waals surface area contributed by atoms with Crippen molar-refractivity contribution in [2.75, 3.05) is 13.6 Å². The fraction of sp³-hybridized carbons (Fsp3) is 0.316. The number of benzene rings is 1. The molecule has 26 heavy (non-hydrogen) atoms. The van der Waals surface area contributed by atoms with Crippen LogP contribution in [0.5, 0.6) is 0 Å². The molecule has 0 radical (unpaired) electrons. The Labute approximate surface area is 152 Å². The highest BCUT2D eigenvalue weighted by Crippen LogP contribution is 2.21. The van der Waals surface area contributed by atoms with Gasteiger partial charge >= 0.3 is 0 Å². The van der Waals surface area contributed by atoms with Crippen LogP contribution in [0.3, 0.4) is 0 Å². The summed E-state index contributed by atoms with van der Waals surface area (Å²) in [4.78, 5) is 26.5. The lowest BCUT2D eigenvalue weighted by atomic mass is 10.0. The van der Waals surface area contributed by atoms with Gasteiger partial charge in [0.15, 0.2) is 0 Å². The molecule has 0 fully saturated rings. The number of amides is 1. The Hall–Kier alpha value is -2.93. The van der Waals surface area contributed by atoms with Crippen molar-refractivity contribution in [3.63, 3.8) is 0 Å². The number of rotatable bonds is 5. The maximum Gasteiger partial charge on any atom is 0.246 e. The predicted octanol–water partition coefficient (Wildman–Crippen LogP) is 1.50. The highest BCUT2D eigenvalue weighted by molar-refractivity contribution is 5.83. The van der Waals surface area contributed by atoms with E-state index in [4.69, 9.17) is 0 Å². The molecule has 2 aromatic heterocycles. The lowest BCUT2D eigenvalue weighted by Crippen LogP contribution is -2.42. The van der Waals surface area contributed by atoms with Crippen LogP contribution in [0.15, 0.2) is 49.1 Å². The predicted molar refractivity (Wildman–Crippen MR) is 97.3 cm³/mol. The molecular formula is C19H22N6O. The molecule has 134 valence electrons. The normalized spacial score (nSPS) is 16.3. The van der Waals surface area contributed by atoms with Gasteiger partial charge in [-0.25, -0.2) is 9.97 Å². The average molecular weight is 350 g/mol. The number of imidazole rings is 2. The van der Waals surface area contributed by atoms with E-state index in [1.807, 2.05) is 31.4 Å². The minimum atomic E-state index is -0.396. The van der Waals surface area contributed by atoms with E-state index in [1.54, 1.807) is 17.4 Å². The number of H-pyrrole nitrogens is 1. The number of likely N-dealkylation sites (N-methyl/N-ethyl adjacent to an activating group) is 1. The van der Waals surface area contributed by atoms with Crippen molar-refractivity contribution in [1.29, 1.82) is 0 Å². The molecule has 7 heteroatoms. The molecule has 1 amide bonds. The number of fused-ring (bicyclic) bond motifs is 1. The van der Waals surface area contributed by atoms with Crippen LogP contribution in [0.4, 0.5) is 0 Å². The van der Waals surface area contributed by atoms with E-state index < -0.39 is 6.04 Å². The Morgan fingerprint density at radius 1 is 1.31 bits per heavy atom. The number of aromatic nitrogens is 4. The van der Waals surface area contributed by atoms with Gasteiger partial charge in [-0.2, -0.15) is 0 Å². The van der Waals surface area contributed by atoms with Crippen LogP contribution in [0, 0.1) is 0 Å². The molecule has 2 N–H and O–H groups in total. The number of carbonyl (C=O) groups is 1. The zero-order valence-electron chi connectivity index (χ0n) is 14.7. The number of carbonyl (C=O) groups excluding carboxylic acids is 1. The summed E-state index contributed by atoms with van der Waals surface area (Å²) in [5.41, 5.74) is 3.05. The van der Waals surface area contributed by atoms with Crippen LogP contribution >= 0.6 is 0 Å². The molecule has 4 rings (SSSR count). The minimum absolute atomic E-state index is 0.00677. The van der Waals surface area contributed by atoms with E-state index in [9.17, 15) is 4.79 Å². The van der Waals surface area contributed by atoms with E-state index in [0.29, 0.717) is 6.54 Å². The molecule has 7 nitrogen and oxygen atoms in total. The molecule has 1 atom stereocenters. The third-order valence-corrected chi connectivity index (χ3v) is 4.75. The first-order valence-electron chi connectivity index (χ1n) is 8.77. The molecule has 0 aliphatic carbocycles. The first kappa shape index (κ1) is 16.5. The maximum atomic E-state index is 12.9. The number of nitrogens with one attached hydrogen (secondary N) is 2. The minimum Gasteiger partial charge on any atom is -0.348 e. The second kappa shape index (κ2) is 7.13. The molecule has 0 bridgehead atoms. The van der Waals surface area contributed by atoms with E-state index in [1.165, 1.54) is 5.56 Å². The van der Waals surface area contributed by atoms with Crippen molar-refractivity contribution < 1.29 is 4.79 Å². The van der Waals surface area contributed by atoms with Gasteiger partial charge in [0.05, 0.1) is 18.6 Å². The second-order valence-electron chi connectivity index (χ2n) is 6.55. The van der Waals surface area contributed by atoms with Crippen molar-refractivity contribution in [2.45, 2.75) is 25.6 Å². The zero-order chi connectivity index (χ0) is 17.9. The Morgan fingerprint density at radius 2 is 2.15 bits per heavy atom. The van der Waals surface area contributed by atoms with Gasteiger partial charge in [0.2, 0.25) is 5.91 Å². The fourth-order valence-corrected chi connectivity index (χ4v) is 3.35. The van der Waals surface area contributed by atoms with Gasteiger partial charge < -0.3 is 19.8 Å². The van der Waals surface area contributed by atoms with Crippen LogP contribution < -0.4 is 5.32 Å². The summed E-state index contributed by atoms with van der Waals surface area (Å²) in [7, 11) is 1.81. The Balaban J connectivity index is 1.47. The summed E-state index contributed by atoms with van der Waals surface area (Å²) >= 11 is 0. The molecule has 0 unspecified atom stereocenters. The van der Waals surface area contributed by atoms with E-state index >= 15 is 0 Å². The maximum absolute atomic E-state index is 12.9. The van der Waals surface area contributed by atoms with Crippen LogP contribution in [0.25, 0.3) is 0 Å². The first-order valence-corrected chi connectivity index (χ1v) is 8.77. The third kappa shape index (κ3) is 3.25. The van der Waals surface area contributed by atoms with Crippen LogP contribution in [-0.4, -0.2) is 43.9 Å². The third-order valence-electron chi connectivity index (χ3n) is 4.75. The quantitative estimate of drug-likeness (QED) is 0.731. The SMILES string of the molecule is CN(Cc1nccn1Cc1ccccc1)C(=O)[C@H]1NCCc2[nH]cnc21. The number of nitrogens with zero attached hydrogens (tertiary/aromatic N) is 4. The highest BCUT2D eigenvalue weighted by atomic mass is 16.2. The highest BCUT2D eigenvalue weighted by Gasteiger charge is 2.30. The summed E-state index contributed by atoms with van der Waals surface area (Å²) in [6, 6.07) is 9.83. The first-order chi connectivity index (χ1) is 12.7. The van der Waals surface area contributed by atoms with Crippen molar-refractivity contribution in [2.24, 2.45) is 0 Å². The molecule has 0 saturated carbocycles. The van der Waals surface area contributed by atoms with Crippen molar-refractivity contribution in [1.82, 2.24) is 29.7 Å². The van der Waals surface area contributed by atoms with Crippen LogP contribution in [0.1, 0.15) is 28.8 Å². The van der Waals surface area contributed by atoms with Crippen LogP contribution in [0.2, 0.25) is 0 Å². The Morgan fingerprint density at radius 3 is 3.00 bits per heavy atom. The summed E-state index contributed by atoms with van der Waals surface area (Å²) in [6.07, 6.45) is 6.25. The van der Waals surface area contributed by atoms with E-state index in [-0.39, 0.29) is 5.91 Å². The molecule has 0 spiro atoms.